The lowest BCUT2D eigenvalue weighted by Crippen LogP contribution is -2.30. The number of anilines is 1. The van der Waals surface area contributed by atoms with E-state index in [0.29, 0.717) is 16.8 Å². The lowest BCUT2D eigenvalue weighted by atomic mass is 9.95. The monoisotopic (exact) mass is 538 g/mol. The normalized spacial score (nSPS) is 15.2. The van der Waals surface area contributed by atoms with Gasteiger partial charge in [-0.1, -0.05) is 24.3 Å². The molecule has 0 fully saturated rings. The number of pyridine rings is 1. The molecule has 33 heavy (non-hydrogen) atoms. The molecule has 1 aliphatic rings. The van der Waals surface area contributed by atoms with E-state index in [1.807, 2.05) is 0 Å². The van der Waals surface area contributed by atoms with Gasteiger partial charge in [0, 0.05) is 21.8 Å². The molecule has 0 saturated heterocycles. The van der Waals surface area contributed by atoms with Gasteiger partial charge in [-0.05, 0) is 57.9 Å². The molecule has 170 valence electrons. The quantitative estimate of drug-likeness (QED) is 0.447. The molecular formula is C22H14BrF3N2O4S. The number of sulfonamides is 1. The lowest BCUT2D eigenvalue weighted by Gasteiger charge is -2.20. The van der Waals surface area contributed by atoms with Crippen molar-refractivity contribution in [2.75, 3.05) is 11.3 Å². The zero-order valence-corrected chi connectivity index (χ0v) is 19.0. The van der Waals surface area contributed by atoms with Crippen LogP contribution in [0.4, 0.5) is 18.9 Å². The summed E-state index contributed by atoms with van der Waals surface area (Å²) >= 11 is 3.29. The summed E-state index contributed by atoms with van der Waals surface area (Å²) in [6.07, 6.45) is 3.22. The summed E-state index contributed by atoms with van der Waals surface area (Å²) in [6.45, 7) is -0.0185. The smallest absolute Gasteiger partial charge is 0.488 e. The minimum atomic E-state index is -5.60. The van der Waals surface area contributed by atoms with Crippen LogP contribution in [-0.2, 0) is 10.0 Å². The Morgan fingerprint density at radius 2 is 1.82 bits per heavy atom. The molecule has 0 atom stereocenters. The Labute approximate surface area is 195 Å². The van der Waals surface area contributed by atoms with E-state index in [0.717, 1.165) is 4.47 Å². The zero-order valence-electron chi connectivity index (χ0n) is 16.6. The van der Waals surface area contributed by atoms with Crippen molar-refractivity contribution in [1.29, 1.82) is 0 Å². The van der Waals surface area contributed by atoms with Gasteiger partial charge in [-0.2, -0.15) is 21.6 Å². The van der Waals surface area contributed by atoms with E-state index >= 15 is 0 Å². The number of ketones is 1. The van der Waals surface area contributed by atoms with Crippen molar-refractivity contribution in [2.24, 2.45) is 0 Å². The molecule has 1 aliphatic heterocycles. The van der Waals surface area contributed by atoms with Crippen molar-refractivity contribution in [3.05, 3.63) is 82.1 Å². The van der Waals surface area contributed by atoms with Crippen LogP contribution in [0.25, 0.3) is 17.2 Å². The molecule has 6 nitrogen and oxygen atoms in total. The molecular weight excluding hydrogens is 525 g/mol. The van der Waals surface area contributed by atoms with Crippen LogP contribution in [0, 0.1) is 0 Å². The zero-order chi connectivity index (χ0) is 23.8. The first-order valence-corrected chi connectivity index (χ1v) is 11.6. The van der Waals surface area contributed by atoms with Gasteiger partial charge in [-0.3, -0.25) is 14.5 Å². The van der Waals surface area contributed by atoms with E-state index < -0.39 is 15.5 Å². The SMILES string of the molecule is O=C1/C(=C/c2ccc(Br)cn2)COc2cc(-c3ccccc3NS(=O)(=O)C(F)(F)F)ccc21. The fourth-order valence-corrected chi connectivity index (χ4v) is 3.99. The van der Waals surface area contributed by atoms with E-state index in [2.05, 4.69) is 20.9 Å². The third-order valence-corrected chi connectivity index (χ3v) is 6.33. The molecule has 11 heteroatoms. The van der Waals surface area contributed by atoms with Crippen LogP contribution < -0.4 is 9.46 Å². The number of carbonyl (C=O) groups is 1. The summed E-state index contributed by atoms with van der Waals surface area (Å²) in [5.41, 5.74) is -3.88. The number of nitrogens with zero attached hydrogens (tertiary/aromatic N) is 1. The van der Waals surface area contributed by atoms with E-state index in [-0.39, 0.29) is 35.0 Å². The Kier molecular flexibility index (Phi) is 6.02. The molecule has 1 N–H and O–H groups in total. The van der Waals surface area contributed by atoms with Gasteiger partial charge < -0.3 is 4.74 Å². The highest BCUT2D eigenvalue weighted by atomic mass is 79.9. The number of carbonyl (C=O) groups excluding carboxylic acids is 1. The molecule has 1 aromatic heterocycles. The fraction of sp³-hybridized carbons (Fsp3) is 0.0909. The van der Waals surface area contributed by atoms with Crippen molar-refractivity contribution in [3.63, 3.8) is 0 Å². The molecule has 0 radical (unpaired) electrons. The number of hydrogen-bond acceptors (Lipinski definition) is 5. The summed E-state index contributed by atoms with van der Waals surface area (Å²) in [5.74, 6) is -0.0227. The Morgan fingerprint density at radius 1 is 1.06 bits per heavy atom. The number of nitrogens with one attached hydrogen (secondary N) is 1. The second kappa shape index (κ2) is 8.64. The Morgan fingerprint density at radius 3 is 2.52 bits per heavy atom. The number of fused-ring (bicyclic) bond motifs is 1. The van der Waals surface area contributed by atoms with E-state index in [9.17, 15) is 26.4 Å². The number of Topliss-reactive ketones (excluding diaryl/α,β-unsaturated/α-hetero) is 1. The van der Waals surface area contributed by atoms with Crippen LogP contribution >= 0.6 is 15.9 Å². The Hall–Kier alpha value is -3.18. The van der Waals surface area contributed by atoms with Gasteiger partial charge in [-0.15, -0.1) is 0 Å². The van der Waals surface area contributed by atoms with Crippen LogP contribution in [0.5, 0.6) is 5.75 Å². The topological polar surface area (TPSA) is 85.4 Å². The van der Waals surface area contributed by atoms with Crippen molar-refractivity contribution in [2.45, 2.75) is 5.51 Å². The number of halogens is 4. The maximum atomic E-state index is 12.9. The standard InChI is InChI=1S/C22H14BrF3N2O4S/c23-15-6-7-16(27-11-15)9-14-12-32-20-10-13(5-8-18(20)21(14)29)17-3-1-2-4-19(17)28-33(30,31)22(24,25)26/h1-11,28H,12H2/b14-9+. The van der Waals surface area contributed by atoms with E-state index in [1.54, 1.807) is 35.2 Å². The van der Waals surface area contributed by atoms with Crippen molar-refractivity contribution in [1.82, 2.24) is 4.98 Å². The lowest BCUT2D eigenvalue weighted by molar-refractivity contribution is -0.0429. The average Bonchev–Trinajstić information content (AvgIpc) is 2.76. The predicted octanol–water partition coefficient (Wildman–Crippen LogP) is 5.43. The van der Waals surface area contributed by atoms with Gasteiger partial charge in [0.05, 0.1) is 16.9 Å². The molecule has 0 bridgehead atoms. The first-order chi connectivity index (χ1) is 15.5. The first kappa shape index (κ1) is 23.0. The largest absolute Gasteiger partial charge is 0.516 e. The molecule has 0 unspecified atom stereocenters. The molecule has 0 aliphatic carbocycles. The fourth-order valence-electron chi connectivity index (χ4n) is 3.18. The summed E-state index contributed by atoms with van der Waals surface area (Å²) in [4.78, 5) is 17.1. The third kappa shape index (κ3) is 4.79. The van der Waals surface area contributed by atoms with Crippen molar-refractivity contribution >= 4 is 43.5 Å². The van der Waals surface area contributed by atoms with Crippen LogP contribution in [0.15, 0.2) is 70.8 Å². The molecule has 0 spiro atoms. The molecule has 3 aromatic rings. The van der Waals surface area contributed by atoms with Gasteiger partial charge in [0.1, 0.15) is 12.4 Å². The number of benzene rings is 2. The number of rotatable bonds is 4. The first-order valence-electron chi connectivity index (χ1n) is 9.37. The van der Waals surface area contributed by atoms with E-state index in [1.165, 1.54) is 36.4 Å². The number of para-hydroxylation sites is 1. The van der Waals surface area contributed by atoms with Gasteiger partial charge in [-0.25, -0.2) is 0 Å². The maximum Gasteiger partial charge on any atom is 0.516 e. The molecule has 2 aromatic carbocycles. The summed E-state index contributed by atoms with van der Waals surface area (Å²) in [7, 11) is -5.60. The van der Waals surface area contributed by atoms with Crippen LogP contribution in [0.2, 0.25) is 0 Å². The number of hydrogen-bond donors (Lipinski definition) is 1. The highest BCUT2D eigenvalue weighted by molar-refractivity contribution is 9.10. The summed E-state index contributed by atoms with van der Waals surface area (Å²) < 4.78 is 69.7. The van der Waals surface area contributed by atoms with Gasteiger partial charge in [0.15, 0.2) is 5.78 Å². The number of alkyl halides is 3. The highest BCUT2D eigenvalue weighted by Crippen LogP contribution is 2.36. The third-order valence-electron chi connectivity index (χ3n) is 4.76. The molecule has 2 heterocycles. The van der Waals surface area contributed by atoms with Crippen molar-refractivity contribution in [3.8, 4) is 16.9 Å². The highest BCUT2D eigenvalue weighted by Gasteiger charge is 2.46. The molecule has 0 saturated carbocycles. The number of ether oxygens (including phenoxy) is 1. The molecule has 4 rings (SSSR count). The second-order valence-corrected chi connectivity index (χ2v) is 9.59. The summed E-state index contributed by atoms with van der Waals surface area (Å²) in [6, 6.07) is 13.7. The van der Waals surface area contributed by atoms with Crippen molar-refractivity contribution < 1.29 is 31.1 Å². The van der Waals surface area contributed by atoms with Gasteiger partial charge in [0.2, 0.25) is 0 Å². The summed E-state index contributed by atoms with van der Waals surface area (Å²) in [5, 5.41) is 0. The molecule has 0 amide bonds. The maximum absolute atomic E-state index is 12.9. The second-order valence-electron chi connectivity index (χ2n) is 7.00. The van der Waals surface area contributed by atoms with Crippen LogP contribution in [-0.4, -0.2) is 31.3 Å². The van der Waals surface area contributed by atoms with E-state index in [4.69, 9.17) is 4.74 Å². The average molecular weight is 539 g/mol. The Balaban J connectivity index is 1.66. The number of aromatic nitrogens is 1. The van der Waals surface area contributed by atoms with Crippen LogP contribution in [0.1, 0.15) is 16.1 Å². The predicted molar refractivity (Wildman–Crippen MR) is 120 cm³/mol. The van der Waals surface area contributed by atoms with Crippen LogP contribution in [0.3, 0.4) is 0 Å². The van der Waals surface area contributed by atoms with Gasteiger partial charge in [0.25, 0.3) is 0 Å². The van der Waals surface area contributed by atoms with Gasteiger partial charge >= 0.3 is 15.5 Å². The minimum Gasteiger partial charge on any atom is -0.488 e. The Bertz CT molecular complexity index is 1370. The minimum absolute atomic E-state index is 0.0185.